The van der Waals surface area contributed by atoms with Gasteiger partial charge in [-0.2, -0.15) is 0 Å². The Hall–Kier alpha value is -3.76. The molecule has 0 bridgehead atoms. The number of carbonyl (C=O) groups is 2. The molecule has 2 heterocycles. The number of aryl methyl sites for hydroxylation is 1. The molecule has 0 radical (unpaired) electrons. The van der Waals surface area contributed by atoms with Crippen molar-refractivity contribution in [2.24, 2.45) is 0 Å². The lowest BCUT2D eigenvalue weighted by atomic mass is 10.1. The number of nitro benzene ring substituents is 1. The van der Waals surface area contributed by atoms with Crippen LogP contribution in [0.15, 0.2) is 63.9 Å². The standard InChI is InChI=1S/C22H14N2O6S2/c1-12-5-6-14(21(26)27)10-17(12)23-20(25)19(32-22(23)31)11-16-7-8-18(30-16)13-3-2-4-15(9-13)24(28)29/h2-11H,1H3,(H,26,27)/b19-11+. The van der Waals surface area contributed by atoms with Gasteiger partial charge in [-0.15, -0.1) is 0 Å². The molecule has 0 saturated carbocycles. The van der Waals surface area contributed by atoms with E-state index < -0.39 is 10.9 Å². The van der Waals surface area contributed by atoms with Gasteiger partial charge in [0.25, 0.3) is 11.6 Å². The fourth-order valence-corrected chi connectivity index (χ4v) is 4.41. The zero-order chi connectivity index (χ0) is 23.0. The van der Waals surface area contributed by atoms with Crippen LogP contribution in [0.3, 0.4) is 0 Å². The lowest BCUT2D eigenvalue weighted by Crippen LogP contribution is -2.28. The zero-order valence-corrected chi connectivity index (χ0v) is 18.1. The second-order valence-corrected chi connectivity index (χ2v) is 8.51. The molecule has 0 aliphatic carbocycles. The minimum Gasteiger partial charge on any atom is -0.478 e. The predicted octanol–water partition coefficient (Wildman–Crippen LogP) is 5.27. The van der Waals surface area contributed by atoms with Gasteiger partial charge in [-0.05, 0) is 36.8 Å². The number of thiocarbonyl (C=S) groups is 1. The molecule has 0 unspecified atom stereocenters. The van der Waals surface area contributed by atoms with Crippen LogP contribution in [0, 0.1) is 17.0 Å². The van der Waals surface area contributed by atoms with Gasteiger partial charge in [0.05, 0.1) is 21.1 Å². The summed E-state index contributed by atoms with van der Waals surface area (Å²) in [6.07, 6.45) is 1.54. The van der Waals surface area contributed by atoms with Crippen LogP contribution in [0.25, 0.3) is 17.4 Å². The predicted molar refractivity (Wildman–Crippen MR) is 125 cm³/mol. The van der Waals surface area contributed by atoms with E-state index in [2.05, 4.69) is 0 Å². The highest BCUT2D eigenvalue weighted by atomic mass is 32.2. The maximum absolute atomic E-state index is 13.0. The van der Waals surface area contributed by atoms with E-state index in [0.29, 0.717) is 33.2 Å². The van der Waals surface area contributed by atoms with Crippen LogP contribution in [0.5, 0.6) is 0 Å². The van der Waals surface area contributed by atoms with Gasteiger partial charge < -0.3 is 9.52 Å². The molecule has 3 aromatic rings. The first-order valence-electron chi connectivity index (χ1n) is 9.21. The van der Waals surface area contributed by atoms with E-state index in [0.717, 1.165) is 11.8 Å². The van der Waals surface area contributed by atoms with E-state index in [1.54, 1.807) is 37.3 Å². The molecule has 2 aromatic carbocycles. The Labute approximate surface area is 191 Å². The Balaban J connectivity index is 1.63. The molecule has 1 aliphatic rings. The van der Waals surface area contributed by atoms with Crippen LogP contribution in [-0.4, -0.2) is 26.2 Å². The number of amides is 1. The van der Waals surface area contributed by atoms with Crippen molar-refractivity contribution >= 4 is 57.6 Å². The maximum atomic E-state index is 13.0. The summed E-state index contributed by atoms with van der Waals surface area (Å²) >= 11 is 6.45. The zero-order valence-electron chi connectivity index (χ0n) is 16.5. The lowest BCUT2D eigenvalue weighted by Gasteiger charge is -2.17. The molecule has 0 atom stereocenters. The van der Waals surface area contributed by atoms with E-state index in [-0.39, 0.29) is 21.5 Å². The Morgan fingerprint density at radius 3 is 2.72 bits per heavy atom. The van der Waals surface area contributed by atoms with Crippen molar-refractivity contribution in [3.05, 3.63) is 86.5 Å². The Morgan fingerprint density at radius 1 is 1.22 bits per heavy atom. The smallest absolute Gasteiger partial charge is 0.335 e. The van der Waals surface area contributed by atoms with Crippen molar-refractivity contribution in [1.29, 1.82) is 0 Å². The van der Waals surface area contributed by atoms with Crippen molar-refractivity contribution in [3.8, 4) is 11.3 Å². The minimum atomic E-state index is -1.10. The third-order valence-corrected chi connectivity index (χ3v) is 6.03. The number of carboxylic acids is 1. The van der Waals surface area contributed by atoms with Crippen LogP contribution in [0.1, 0.15) is 21.7 Å². The number of benzene rings is 2. The fourth-order valence-electron chi connectivity index (χ4n) is 3.15. The molecule has 160 valence electrons. The summed E-state index contributed by atoms with van der Waals surface area (Å²) in [5, 5.41) is 20.3. The molecule has 1 saturated heterocycles. The van der Waals surface area contributed by atoms with Crippen LogP contribution in [-0.2, 0) is 4.79 Å². The molecule has 1 aliphatic heterocycles. The number of hydrogen-bond acceptors (Lipinski definition) is 7. The molecule has 0 spiro atoms. The van der Waals surface area contributed by atoms with Gasteiger partial charge in [0.15, 0.2) is 4.32 Å². The van der Waals surface area contributed by atoms with E-state index in [4.69, 9.17) is 16.6 Å². The summed E-state index contributed by atoms with van der Waals surface area (Å²) in [5.41, 5.74) is 1.65. The Bertz CT molecular complexity index is 1330. The highest BCUT2D eigenvalue weighted by Crippen LogP contribution is 2.38. The van der Waals surface area contributed by atoms with Gasteiger partial charge in [-0.3, -0.25) is 19.8 Å². The van der Waals surface area contributed by atoms with Crippen molar-refractivity contribution in [2.75, 3.05) is 4.90 Å². The van der Waals surface area contributed by atoms with Gasteiger partial charge in [-0.1, -0.05) is 42.2 Å². The highest BCUT2D eigenvalue weighted by Gasteiger charge is 2.34. The van der Waals surface area contributed by atoms with Gasteiger partial charge in [0.1, 0.15) is 11.5 Å². The summed E-state index contributed by atoms with van der Waals surface area (Å²) in [7, 11) is 0. The Kier molecular flexibility index (Phi) is 5.64. The topological polar surface area (TPSA) is 114 Å². The molecular formula is C22H14N2O6S2. The first-order valence-corrected chi connectivity index (χ1v) is 10.4. The van der Waals surface area contributed by atoms with Gasteiger partial charge in [0.2, 0.25) is 0 Å². The van der Waals surface area contributed by atoms with E-state index in [1.165, 1.54) is 35.2 Å². The summed E-state index contributed by atoms with van der Waals surface area (Å²) in [5.74, 6) is -0.695. The minimum absolute atomic E-state index is 0.0521. The largest absolute Gasteiger partial charge is 0.478 e. The molecular weight excluding hydrogens is 452 g/mol. The quantitative estimate of drug-likeness (QED) is 0.234. The molecule has 1 fully saturated rings. The average Bonchev–Trinajstić information content (AvgIpc) is 3.33. The highest BCUT2D eigenvalue weighted by molar-refractivity contribution is 8.27. The molecule has 1 N–H and O–H groups in total. The number of furan rings is 1. The van der Waals surface area contributed by atoms with Crippen LogP contribution in [0.4, 0.5) is 11.4 Å². The number of nitro groups is 1. The first-order chi connectivity index (χ1) is 15.2. The van der Waals surface area contributed by atoms with E-state index in [9.17, 15) is 24.8 Å². The van der Waals surface area contributed by atoms with Gasteiger partial charge >= 0.3 is 5.97 Å². The molecule has 1 aromatic heterocycles. The second kappa shape index (κ2) is 8.40. The van der Waals surface area contributed by atoms with Crippen LogP contribution >= 0.6 is 24.0 Å². The van der Waals surface area contributed by atoms with Crippen LogP contribution < -0.4 is 4.90 Å². The number of aromatic carboxylic acids is 1. The summed E-state index contributed by atoms with van der Waals surface area (Å²) in [4.78, 5) is 36.5. The number of carbonyl (C=O) groups excluding carboxylic acids is 1. The first kappa shape index (κ1) is 21.5. The lowest BCUT2D eigenvalue weighted by molar-refractivity contribution is -0.384. The average molecular weight is 466 g/mol. The molecule has 10 heteroatoms. The SMILES string of the molecule is Cc1ccc(C(=O)O)cc1N1C(=O)/C(=C\c2ccc(-c3cccc([N+](=O)[O-])c3)o2)SC1=S. The summed E-state index contributed by atoms with van der Waals surface area (Å²) in [6.45, 7) is 1.76. The number of anilines is 1. The third kappa shape index (κ3) is 4.05. The van der Waals surface area contributed by atoms with Gasteiger partial charge in [0, 0.05) is 23.8 Å². The Morgan fingerprint density at radius 2 is 2.00 bits per heavy atom. The molecule has 32 heavy (non-hydrogen) atoms. The monoisotopic (exact) mass is 466 g/mol. The second-order valence-electron chi connectivity index (χ2n) is 6.83. The fraction of sp³-hybridized carbons (Fsp3) is 0.0455. The number of non-ortho nitro benzene ring substituents is 1. The molecule has 1 amide bonds. The van der Waals surface area contributed by atoms with E-state index >= 15 is 0 Å². The van der Waals surface area contributed by atoms with E-state index in [1.807, 2.05) is 0 Å². The molecule has 8 nitrogen and oxygen atoms in total. The number of rotatable bonds is 5. The van der Waals surface area contributed by atoms with Gasteiger partial charge in [-0.25, -0.2) is 4.79 Å². The van der Waals surface area contributed by atoms with Crippen molar-refractivity contribution in [2.45, 2.75) is 6.92 Å². The number of hydrogen-bond donors (Lipinski definition) is 1. The van der Waals surface area contributed by atoms with Crippen molar-refractivity contribution in [3.63, 3.8) is 0 Å². The molecule has 4 rings (SSSR count). The number of nitrogens with zero attached hydrogens (tertiary/aromatic N) is 2. The number of carboxylic acid groups (broad SMARTS) is 1. The number of thioether (sulfide) groups is 1. The normalized spacial score (nSPS) is 14.9. The summed E-state index contributed by atoms with van der Waals surface area (Å²) in [6, 6.07) is 13.9. The maximum Gasteiger partial charge on any atom is 0.335 e. The van der Waals surface area contributed by atoms with Crippen molar-refractivity contribution in [1.82, 2.24) is 0 Å². The van der Waals surface area contributed by atoms with Crippen LogP contribution in [0.2, 0.25) is 0 Å². The third-order valence-electron chi connectivity index (χ3n) is 4.73. The van der Waals surface area contributed by atoms with Crippen molar-refractivity contribution < 1.29 is 24.0 Å². The summed E-state index contributed by atoms with van der Waals surface area (Å²) < 4.78 is 6.04.